The van der Waals surface area contributed by atoms with Crippen LogP contribution < -0.4 is 14.7 Å². The molecule has 34 heavy (non-hydrogen) atoms. The number of aromatic nitrogens is 2. The Hall–Kier alpha value is -3.80. The first-order valence-electron chi connectivity index (χ1n) is 11.8. The van der Waals surface area contributed by atoms with Gasteiger partial charge in [-0.15, -0.1) is 0 Å². The molecule has 0 amide bonds. The highest BCUT2D eigenvalue weighted by molar-refractivity contribution is 5.91. The van der Waals surface area contributed by atoms with Crippen LogP contribution in [0.25, 0.3) is 5.57 Å². The maximum absolute atomic E-state index is 4.83. The molecule has 6 heteroatoms. The first kappa shape index (κ1) is 19.6. The third-order valence-corrected chi connectivity index (χ3v) is 8.91. The summed E-state index contributed by atoms with van der Waals surface area (Å²) in [5.41, 5.74) is 5.33. The second-order valence-electron chi connectivity index (χ2n) is 10.2. The topological polar surface area (TPSA) is 38.7 Å². The second-order valence-corrected chi connectivity index (χ2v) is 10.2. The smallest absolute Gasteiger partial charge is 0.178 e. The van der Waals surface area contributed by atoms with E-state index in [0.29, 0.717) is 0 Å². The van der Waals surface area contributed by atoms with E-state index in [1.165, 1.54) is 22.5 Å². The minimum Gasteiger partial charge on any atom is -0.358 e. The lowest BCUT2D eigenvalue weighted by molar-refractivity contribution is 0.0565. The molecule has 1 aromatic heterocycles. The van der Waals surface area contributed by atoms with Gasteiger partial charge < -0.3 is 19.6 Å². The van der Waals surface area contributed by atoms with Gasteiger partial charge in [0.25, 0.3) is 0 Å². The first-order chi connectivity index (χ1) is 16.4. The molecule has 4 atom stereocenters. The largest absolute Gasteiger partial charge is 0.358 e. The van der Waals surface area contributed by atoms with Crippen LogP contribution in [-0.2, 0) is 5.41 Å². The van der Waals surface area contributed by atoms with Gasteiger partial charge in [0, 0.05) is 55.6 Å². The number of nitrogens with zero attached hydrogens (tertiary/aromatic N) is 6. The van der Waals surface area contributed by atoms with Gasteiger partial charge in [-0.05, 0) is 23.3 Å². The summed E-state index contributed by atoms with van der Waals surface area (Å²) in [6.45, 7) is 9.65. The van der Waals surface area contributed by atoms with Gasteiger partial charge in [0.15, 0.2) is 11.6 Å². The number of fused-ring (bicyclic) bond motifs is 12. The second kappa shape index (κ2) is 6.20. The van der Waals surface area contributed by atoms with Gasteiger partial charge in [0.2, 0.25) is 0 Å². The number of benzene rings is 2. The van der Waals surface area contributed by atoms with Crippen molar-refractivity contribution in [2.24, 2.45) is 5.41 Å². The van der Waals surface area contributed by atoms with Crippen molar-refractivity contribution in [1.82, 2.24) is 14.9 Å². The third kappa shape index (κ3) is 1.96. The van der Waals surface area contributed by atoms with Gasteiger partial charge in [-0.3, -0.25) is 0 Å². The highest BCUT2D eigenvalue weighted by atomic mass is 15.5. The molecule has 0 spiro atoms. The molecule has 170 valence electrons. The highest BCUT2D eigenvalue weighted by Gasteiger charge is 2.68. The SMILES string of the molecule is C=C1c2ccccc2N2C=CN(C)C2C2(C)C3N(C)c4nccnc4N3c3ccccc3C12C. The lowest BCUT2D eigenvalue weighted by Gasteiger charge is -2.61. The van der Waals surface area contributed by atoms with E-state index in [1.807, 2.05) is 0 Å². The molecule has 0 N–H and O–H groups in total. The van der Waals surface area contributed by atoms with Crippen LogP contribution in [-0.4, -0.2) is 41.3 Å². The summed E-state index contributed by atoms with van der Waals surface area (Å²) >= 11 is 0. The molecule has 4 unspecified atom stereocenters. The molecule has 2 aromatic carbocycles. The summed E-state index contributed by atoms with van der Waals surface area (Å²) in [7, 11) is 4.35. The Morgan fingerprint density at radius 3 is 2.29 bits per heavy atom. The standard InChI is InChI=1S/C28H28N6/c1-18-19-10-6-8-12-21(19)33-17-16-31(4)25(33)28(3)26-32(5)23-24(30-15-14-29-23)34(26)22-13-9-7-11-20(22)27(18,28)2/h6-17,25-26H,1H2,2-5H3. The normalized spacial score (nSPS) is 30.3. The number of anilines is 4. The molecule has 7 rings (SSSR count). The minimum absolute atomic E-state index is 0.00860. The monoisotopic (exact) mass is 448 g/mol. The Labute approximate surface area is 200 Å². The molecule has 0 radical (unpaired) electrons. The van der Waals surface area contributed by atoms with E-state index in [-0.39, 0.29) is 23.2 Å². The zero-order chi connectivity index (χ0) is 23.4. The molecule has 4 aliphatic heterocycles. The number of hydrogen-bond donors (Lipinski definition) is 0. The van der Waals surface area contributed by atoms with E-state index in [1.54, 1.807) is 12.4 Å². The molecule has 0 saturated carbocycles. The molecular formula is C28H28N6. The zero-order valence-electron chi connectivity index (χ0n) is 20.0. The maximum atomic E-state index is 4.83. The predicted molar refractivity (Wildman–Crippen MR) is 137 cm³/mol. The van der Waals surface area contributed by atoms with Crippen LogP contribution in [0.2, 0.25) is 0 Å². The molecule has 0 fully saturated rings. The van der Waals surface area contributed by atoms with E-state index < -0.39 is 0 Å². The van der Waals surface area contributed by atoms with E-state index >= 15 is 0 Å². The Kier molecular flexibility index (Phi) is 3.58. The fourth-order valence-electron chi connectivity index (χ4n) is 7.28. The number of hydrogen-bond acceptors (Lipinski definition) is 6. The summed E-state index contributed by atoms with van der Waals surface area (Å²) in [5, 5.41) is 0. The van der Waals surface area contributed by atoms with Crippen LogP contribution >= 0.6 is 0 Å². The average Bonchev–Trinajstić information content (AvgIpc) is 3.38. The molecule has 4 aliphatic rings. The lowest BCUT2D eigenvalue weighted by atomic mass is 9.52. The summed E-state index contributed by atoms with van der Waals surface area (Å²) in [4.78, 5) is 19.1. The van der Waals surface area contributed by atoms with Gasteiger partial charge in [-0.2, -0.15) is 0 Å². The quantitative estimate of drug-likeness (QED) is 0.485. The molecule has 0 bridgehead atoms. The van der Waals surface area contributed by atoms with Gasteiger partial charge in [0.1, 0.15) is 12.3 Å². The third-order valence-electron chi connectivity index (χ3n) is 8.91. The van der Waals surface area contributed by atoms with Crippen molar-refractivity contribution in [3.8, 4) is 0 Å². The van der Waals surface area contributed by atoms with Crippen molar-refractivity contribution in [3.05, 3.63) is 91.0 Å². The summed E-state index contributed by atoms with van der Waals surface area (Å²) in [6.07, 6.45) is 8.06. The van der Waals surface area contributed by atoms with E-state index in [9.17, 15) is 0 Å². The van der Waals surface area contributed by atoms with Crippen LogP contribution in [0.4, 0.5) is 23.0 Å². The summed E-state index contributed by atoms with van der Waals surface area (Å²) in [6, 6.07) is 17.5. The van der Waals surface area contributed by atoms with Crippen molar-refractivity contribution < 1.29 is 0 Å². The van der Waals surface area contributed by atoms with Crippen LogP contribution in [0.1, 0.15) is 25.0 Å². The number of allylic oxidation sites excluding steroid dienone is 1. The fourth-order valence-corrected chi connectivity index (χ4v) is 7.28. The van der Waals surface area contributed by atoms with Crippen molar-refractivity contribution in [3.63, 3.8) is 0 Å². The first-order valence-corrected chi connectivity index (χ1v) is 11.8. The van der Waals surface area contributed by atoms with Crippen LogP contribution in [0, 0.1) is 5.41 Å². The van der Waals surface area contributed by atoms with Gasteiger partial charge in [-0.25, -0.2) is 9.97 Å². The number of rotatable bonds is 0. The Morgan fingerprint density at radius 1 is 0.824 bits per heavy atom. The minimum atomic E-state index is -0.364. The molecule has 3 aromatic rings. The molecule has 6 nitrogen and oxygen atoms in total. The molecule has 5 heterocycles. The Bertz CT molecular complexity index is 1400. The molecule has 0 saturated heterocycles. The van der Waals surface area contributed by atoms with Crippen LogP contribution in [0.3, 0.4) is 0 Å². The van der Waals surface area contributed by atoms with Crippen molar-refractivity contribution >= 4 is 28.6 Å². The van der Waals surface area contributed by atoms with E-state index in [2.05, 4.69) is 108 Å². The van der Waals surface area contributed by atoms with Crippen LogP contribution in [0.5, 0.6) is 0 Å². The van der Waals surface area contributed by atoms with E-state index in [0.717, 1.165) is 17.2 Å². The summed E-state index contributed by atoms with van der Waals surface area (Å²) in [5.74, 6) is 1.83. The highest BCUT2D eigenvalue weighted by Crippen LogP contribution is 2.67. The van der Waals surface area contributed by atoms with Crippen molar-refractivity contribution in [2.75, 3.05) is 28.8 Å². The van der Waals surface area contributed by atoms with Gasteiger partial charge in [-0.1, -0.05) is 56.8 Å². The van der Waals surface area contributed by atoms with Crippen LogP contribution in [0.15, 0.2) is 79.9 Å². The van der Waals surface area contributed by atoms with E-state index in [4.69, 9.17) is 16.5 Å². The Morgan fingerprint density at radius 2 is 1.50 bits per heavy atom. The summed E-state index contributed by atoms with van der Waals surface area (Å²) < 4.78 is 0. The van der Waals surface area contributed by atoms with Gasteiger partial charge >= 0.3 is 0 Å². The molecule has 0 aliphatic carbocycles. The maximum Gasteiger partial charge on any atom is 0.178 e. The average molecular weight is 449 g/mol. The number of para-hydroxylation sites is 2. The molecular weight excluding hydrogens is 420 g/mol. The van der Waals surface area contributed by atoms with Crippen molar-refractivity contribution in [2.45, 2.75) is 31.6 Å². The van der Waals surface area contributed by atoms with Crippen molar-refractivity contribution in [1.29, 1.82) is 0 Å². The Balaban J connectivity index is 1.62. The zero-order valence-corrected chi connectivity index (χ0v) is 20.0. The van der Waals surface area contributed by atoms with Gasteiger partial charge in [0.05, 0.1) is 11.1 Å². The predicted octanol–water partition coefficient (Wildman–Crippen LogP) is 4.94. The fraction of sp³-hybridized carbons (Fsp3) is 0.286. The lowest BCUT2D eigenvalue weighted by Crippen LogP contribution is -2.70.